The lowest BCUT2D eigenvalue weighted by Gasteiger charge is -2.18. The highest BCUT2D eigenvalue weighted by atomic mass is 35.5. The van der Waals surface area contributed by atoms with Gasteiger partial charge < -0.3 is 10.0 Å². The van der Waals surface area contributed by atoms with Gasteiger partial charge in [-0.25, -0.2) is 0 Å². The van der Waals surface area contributed by atoms with Crippen molar-refractivity contribution in [3.63, 3.8) is 0 Å². The number of carbonyl (C=O) groups excluding carboxylic acids is 1. The Morgan fingerprint density at radius 1 is 1.35 bits per heavy atom. The Kier molecular flexibility index (Phi) is 7.18. The molecule has 4 nitrogen and oxygen atoms in total. The summed E-state index contributed by atoms with van der Waals surface area (Å²) < 4.78 is 0. The van der Waals surface area contributed by atoms with Crippen molar-refractivity contribution in [2.24, 2.45) is 0 Å². The summed E-state index contributed by atoms with van der Waals surface area (Å²) in [5.74, 6) is -0.618. The number of aliphatic carboxylic acids is 1. The van der Waals surface area contributed by atoms with Gasteiger partial charge >= 0.3 is 5.97 Å². The molecule has 0 spiro atoms. The number of carbonyl (C=O) groups is 2. The Bertz CT molecular complexity index is 476. The van der Waals surface area contributed by atoms with Gasteiger partial charge in [0.2, 0.25) is 5.91 Å². The quantitative estimate of drug-likeness (QED) is 0.592. The van der Waals surface area contributed by atoms with Crippen LogP contribution in [0.5, 0.6) is 0 Å². The molecule has 108 valence electrons. The van der Waals surface area contributed by atoms with Crippen molar-refractivity contribution >= 4 is 35.2 Å². The fourth-order valence-corrected chi connectivity index (χ4v) is 2.49. The number of rotatable bonds is 8. The molecule has 0 bridgehead atoms. The highest BCUT2D eigenvalue weighted by molar-refractivity contribution is 7.99. The van der Waals surface area contributed by atoms with E-state index in [1.807, 2.05) is 12.1 Å². The maximum atomic E-state index is 11.9. The van der Waals surface area contributed by atoms with Crippen molar-refractivity contribution in [2.75, 3.05) is 18.8 Å². The minimum Gasteiger partial charge on any atom is -0.480 e. The Morgan fingerprint density at radius 2 is 2.00 bits per heavy atom. The largest absolute Gasteiger partial charge is 0.480 e. The van der Waals surface area contributed by atoms with E-state index in [0.717, 1.165) is 4.90 Å². The predicted octanol–water partition coefficient (Wildman–Crippen LogP) is 2.92. The zero-order valence-corrected chi connectivity index (χ0v) is 12.5. The Hall–Kier alpha value is -1.46. The summed E-state index contributed by atoms with van der Waals surface area (Å²) in [5.41, 5.74) is 0. The zero-order valence-electron chi connectivity index (χ0n) is 10.9. The van der Waals surface area contributed by atoms with E-state index in [2.05, 4.69) is 6.58 Å². The molecule has 0 aliphatic rings. The third kappa shape index (κ3) is 6.12. The van der Waals surface area contributed by atoms with Crippen LogP contribution in [-0.2, 0) is 9.59 Å². The Morgan fingerprint density at radius 3 is 2.55 bits per heavy atom. The molecule has 0 saturated carbocycles. The monoisotopic (exact) mass is 313 g/mol. The van der Waals surface area contributed by atoms with Crippen LogP contribution < -0.4 is 0 Å². The minimum atomic E-state index is -1.02. The first-order valence-corrected chi connectivity index (χ1v) is 7.38. The van der Waals surface area contributed by atoms with Crippen molar-refractivity contribution < 1.29 is 14.7 Å². The van der Waals surface area contributed by atoms with Gasteiger partial charge in [0.25, 0.3) is 0 Å². The molecule has 0 aliphatic heterocycles. The van der Waals surface area contributed by atoms with E-state index in [0.29, 0.717) is 10.8 Å². The first kappa shape index (κ1) is 16.6. The van der Waals surface area contributed by atoms with Gasteiger partial charge in [-0.05, 0) is 24.3 Å². The number of thioether (sulfide) groups is 1. The van der Waals surface area contributed by atoms with Crippen molar-refractivity contribution in [2.45, 2.75) is 11.3 Å². The van der Waals surface area contributed by atoms with Crippen molar-refractivity contribution in [3.05, 3.63) is 41.9 Å². The van der Waals surface area contributed by atoms with Gasteiger partial charge in [-0.3, -0.25) is 9.59 Å². The molecule has 0 unspecified atom stereocenters. The topological polar surface area (TPSA) is 57.6 Å². The molecule has 0 atom stereocenters. The summed E-state index contributed by atoms with van der Waals surface area (Å²) in [6, 6.07) is 7.35. The van der Waals surface area contributed by atoms with E-state index in [4.69, 9.17) is 16.7 Å². The van der Waals surface area contributed by atoms with Crippen molar-refractivity contribution in [3.8, 4) is 0 Å². The fraction of sp³-hybridized carbons (Fsp3) is 0.286. The molecule has 20 heavy (non-hydrogen) atoms. The van der Waals surface area contributed by atoms with Crippen LogP contribution in [0.25, 0.3) is 0 Å². The van der Waals surface area contributed by atoms with Gasteiger partial charge in [-0.15, -0.1) is 18.3 Å². The number of nitrogens with zero attached hydrogens (tertiary/aromatic N) is 1. The number of carboxylic acids is 1. The SMILES string of the molecule is C=CCN(CC(=O)O)C(=O)CCSc1ccc(Cl)cc1. The van der Waals surface area contributed by atoms with Crippen LogP contribution >= 0.6 is 23.4 Å². The summed E-state index contributed by atoms with van der Waals surface area (Å²) in [4.78, 5) is 24.9. The van der Waals surface area contributed by atoms with E-state index < -0.39 is 5.97 Å². The smallest absolute Gasteiger partial charge is 0.323 e. The molecule has 0 fully saturated rings. The number of carboxylic acid groups (broad SMARTS) is 1. The van der Waals surface area contributed by atoms with Gasteiger partial charge in [-0.1, -0.05) is 17.7 Å². The summed E-state index contributed by atoms with van der Waals surface area (Å²) in [5, 5.41) is 9.41. The molecular formula is C14H16ClNO3S. The highest BCUT2D eigenvalue weighted by Crippen LogP contribution is 2.21. The molecule has 0 aliphatic carbocycles. The Labute approximate surface area is 127 Å². The van der Waals surface area contributed by atoms with Crippen molar-refractivity contribution in [1.82, 2.24) is 4.90 Å². The lowest BCUT2D eigenvalue weighted by molar-refractivity contribution is -0.143. The Balaban J connectivity index is 2.42. The lowest BCUT2D eigenvalue weighted by atomic mass is 10.3. The first-order chi connectivity index (χ1) is 9.52. The number of hydrogen-bond acceptors (Lipinski definition) is 3. The fourth-order valence-electron chi connectivity index (χ4n) is 1.52. The second-order valence-corrected chi connectivity index (χ2v) is 5.61. The standard InChI is InChI=1S/C14H16ClNO3S/c1-2-8-16(10-14(18)19)13(17)7-9-20-12-5-3-11(15)4-6-12/h2-6H,1,7-10H2,(H,18,19). The van der Waals surface area contributed by atoms with Crippen LogP contribution in [0.15, 0.2) is 41.8 Å². The molecule has 0 radical (unpaired) electrons. The summed E-state index contributed by atoms with van der Waals surface area (Å²) in [7, 11) is 0. The van der Waals surface area contributed by atoms with Gasteiger partial charge in [0.1, 0.15) is 6.54 Å². The number of amides is 1. The molecule has 6 heteroatoms. The number of benzene rings is 1. The van der Waals surface area contributed by atoms with Crippen LogP contribution in [0.3, 0.4) is 0 Å². The number of halogens is 1. The van der Waals surface area contributed by atoms with Crippen LogP contribution in [0.4, 0.5) is 0 Å². The normalized spacial score (nSPS) is 10.1. The molecule has 1 aromatic carbocycles. The van der Waals surface area contributed by atoms with Crippen molar-refractivity contribution in [1.29, 1.82) is 0 Å². The van der Waals surface area contributed by atoms with E-state index in [-0.39, 0.29) is 25.4 Å². The van der Waals surface area contributed by atoms with Gasteiger partial charge in [0.15, 0.2) is 0 Å². The van der Waals surface area contributed by atoms with E-state index in [1.165, 1.54) is 22.7 Å². The van der Waals surface area contributed by atoms with Gasteiger partial charge in [0, 0.05) is 28.6 Å². The van der Waals surface area contributed by atoms with Crippen LogP contribution in [0.1, 0.15) is 6.42 Å². The average Bonchev–Trinajstić information content (AvgIpc) is 2.40. The molecule has 1 amide bonds. The molecule has 0 aromatic heterocycles. The summed E-state index contributed by atoms with van der Waals surface area (Å²) >= 11 is 7.32. The van der Waals surface area contributed by atoms with Crippen LogP contribution in [0, 0.1) is 0 Å². The average molecular weight is 314 g/mol. The zero-order chi connectivity index (χ0) is 15.0. The third-order valence-corrected chi connectivity index (χ3v) is 3.69. The maximum absolute atomic E-state index is 11.9. The van der Waals surface area contributed by atoms with E-state index in [9.17, 15) is 9.59 Å². The summed E-state index contributed by atoms with van der Waals surface area (Å²) in [6.07, 6.45) is 1.81. The maximum Gasteiger partial charge on any atom is 0.323 e. The van der Waals surface area contributed by atoms with E-state index in [1.54, 1.807) is 12.1 Å². The lowest BCUT2D eigenvalue weighted by Crippen LogP contribution is -2.35. The molecule has 0 heterocycles. The second-order valence-electron chi connectivity index (χ2n) is 4.01. The van der Waals surface area contributed by atoms with Crippen LogP contribution in [0.2, 0.25) is 5.02 Å². The predicted molar refractivity (Wildman–Crippen MR) is 81.2 cm³/mol. The molecular weight excluding hydrogens is 298 g/mol. The molecule has 1 rings (SSSR count). The second kappa shape index (κ2) is 8.66. The molecule has 1 N–H and O–H groups in total. The molecule has 0 saturated heterocycles. The molecule has 1 aromatic rings. The van der Waals surface area contributed by atoms with Gasteiger partial charge in [0.05, 0.1) is 0 Å². The first-order valence-electron chi connectivity index (χ1n) is 6.01. The minimum absolute atomic E-state index is 0.186. The van der Waals surface area contributed by atoms with Crippen LogP contribution in [-0.4, -0.2) is 40.7 Å². The van der Waals surface area contributed by atoms with E-state index >= 15 is 0 Å². The summed E-state index contributed by atoms with van der Waals surface area (Å²) in [6.45, 7) is 3.47. The third-order valence-electron chi connectivity index (χ3n) is 2.43. The van der Waals surface area contributed by atoms with Gasteiger partial charge in [-0.2, -0.15) is 0 Å². The highest BCUT2D eigenvalue weighted by Gasteiger charge is 2.14. The number of hydrogen-bond donors (Lipinski definition) is 1.